The molecule has 0 saturated carbocycles. The van der Waals surface area contributed by atoms with Gasteiger partial charge < -0.3 is 9.84 Å². The summed E-state index contributed by atoms with van der Waals surface area (Å²) in [6.45, 7) is -0.395. The van der Waals surface area contributed by atoms with E-state index in [0.29, 0.717) is 10.8 Å². The van der Waals surface area contributed by atoms with Crippen LogP contribution < -0.4 is 10.2 Å². The minimum Gasteiger partial charge on any atom is -0.482 e. The van der Waals surface area contributed by atoms with E-state index in [2.05, 4.69) is 10.5 Å². The second kappa shape index (κ2) is 8.69. The smallest absolute Gasteiger partial charge is 0.341 e. The Morgan fingerprint density at radius 3 is 2.42 bits per heavy atom. The number of ether oxygens (including phenoxy) is 1. The van der Waals surface area contributed by atoms with Gasteiger partial charge in [0.1, 0.15) is 5.75 Å². The quantitative estimate of drug-likeness (QED) is 0.595. The lowest BCUT2D eigenvalue weighted by atomic mass is 10.1. The zero-order valence-electron chi connectivity index (χ0n) is 12.6. The highest BCUT2D eigenvalue weighted by Gasteiger charge is 2.02. The average molecular weight is 347 g/mol. The summed E-state index contributed by atoms with van der Waals surface area (Å²) in [5.41, 5.74) is 4.02. The Balaban J connectivity index is 1.81. The molecule has 0 heterocycles. The molecule has 0 spiro atoms. The first kappa shape index (κ1) is 17.5. The molecule has 0 fully saturated rings. The number of carbonyl (C=O) groups is 2. The lowest BCUT2D eigenvalue weighted by molar-refractivity contribution is -0.139. The van der Waals surface area contributed by atoms with Gasteiger partial charge in [0.15, 0.2) is 6.61 Å². The van der Waals surface area contributed by atoms with Crippen LogP contribution in [-0.2, 0) is 16.0 Å². The van der Waals surface area contributed by atoms with Crippen molar-refractivity contribution >= 4 is 29.7 Å². The van der Waals surface area contributed by atoms with Crippen LogP contribution in [0.25, 0.3) is 0 Å². The number of nitrogens with one attached hydrogen (secondary N) is 1. The van der Waals surface area contributed by atoms with Crippen molar-refractivity contribution < 1.29 is 19.4 Å². The van der Waals surface area contributed by atoms with E-state index in [-0.39, 0.29) is 12.3 Å². The van der Waals surface area contributed by atoms with Crippen molar-refractivity contribution in [1.82, 2.24) is 5.43 Å². The highest BCUT2D eigenvalue weighted by Crippen LogP contribution is 2.11. The molecule has 0 aliphatic rings. The van der Waals surface area contributed by atoms with Crippen LogP contribution in [0.3, 0.4) is 0 Å². The number of carboxylic acid groups (broad SMARTS) is 1. The number of hydrazone groups is 1. The number of hydrogen-bond acceptors (Lipinski definition) is 4. The Morgan fingerprint density at radius 1 is 1.12 bits per heavy atom. The number of benzene rings is 2. The number of aliphatic carboxylic acids is 1. The molecule has 0 atom stereocenters. The molecule has 6 nitrogen and oxygen atoms in total. The standard InChI is InChI=1S/C17H15ClN2O4/c18-14-5-1-12(2-6-14)9-16(21)20-19-10-13-3-7-15(8-4-13)24-11-17(22)23/h1-8,10H,9,11H2,(H,20,21)(H,22,23)/b19-10-. The van der Waals surface area contributed by atoms with E-state index < -0.39 is 12.6 Å². The number of hydrogen-bond donors (Lipinski definition) is 2. The molecule has 24 heavy (non-hydrogen) atoms. The molecule has 1 amide bonds. The van der Waals surface area contributed by atoms with Gasteiger partial charge in [-0.15, -0.1) is 0 Å². The Bertz CT molecular complexity index is 727. The summed E-state index contributed by atoms with van der Waals surface area (Å²) in [5.74, 6) is -0.833. The predicted octanol–water partition coefficient (Wildman–Crippen LogP) is 2.50. The maximum Gasteiger partial charge on any atom is 0.341 e. The van der Waals surface area contributed by atoms with Gasteiger partial charge in [-0.05, 0) is 47.5 Å². The highest BCUT2D eigenvalue weighted by molar-refractivity contribution is 6.30. The van der Waals surface area contributed by atoms with Crippen molar-refractivity contribution in [1.29, 1.82) is 0 Å². The van der Waals surface area contributed by atoms with Crippen LogP contribution in [0.5, 0.6) is 5.75 Å². The maximum absolute atomic E-state index is 11.8. The summed E-state index contributed by atoms with van der Waals surface area (Å²) in [5, 5.41) is 13.0. The van der Waals surface area contributed by atoms with E-state index in [9.17, 15) is 9.59 Å². The summed E-state index contributed by atoms with van der Waals surface area (Å²) in [6, 6.07) is 13.7. The Morgan fingerprint density at radius 2 is 1.79 bits per heavy atom. The van der Waals surface area contributed by atoms with Gasteiger partial charge in [-0.25, -0.2) is 10.2 Å². The summed E-state index contributed by atoms with van der Waals surface area (Å²) < 4.78 is 5.02. The van der Waals surface area contributed by atoms with Gasteiger partial charge in [0.05, 0.1) is 12.6 Å². The van der Waals surface area contributed by atoms with Crippen molar-refractivity contribution in [2.75, 3.05) is 6.61 Å². The van der Waals surface area contributed by atoms with Crippen LogP contribution in [0, 0.1) is 0 Å². The molecule has 0 aliphatic carbocycles. The van der Waals surface area contributed by atoms with Crippen molar-refractivity contribution in [2.45, 2.75) is 6.42 Å². The third-order valence-electron chi connectivity index (χ3n) is 2.92. The Kier molecular flexibility index (Phi) is 6.33. The molecule has 124 valence electrons. The molecule has 2 aromatic carbocycles. The van der Waals surface area contributed by atoms with Crippen molar-refractivity contribution in [3.8, 4) is 5.75 Å². The zero-order valence-corrected chi connectivity index (χ0v) is 13.4. The summed E-state index contributed by atoms with van der Waals surface area (Å²) in [6.07, 6.45) is 1.69. The number of amides is 1. The average Bonchev–Trinajstić information content (AvgIpc) is 2.56. The minimum absolute atomic E-state index is 0.205. The summed E-state index contributed by atoms with van der Waals surface area (Å²) >= 11 is 5.78. The Labute approximate surface area is 143 Å². The van der Waals surface area contributed by atoms with E-state index >= 15 is 0 Å². The number of carbonyl (C=O) groups excluding carboxylic acids is 1. The molecule has 0 unspecified atom stereocenters. The van der Waals surface area contributed by atoms with Crippen LogP contribution in [0.4, 0.5) is 0 Å². The number of halogens is 1. The summed E-state index contributed by atoms with van der Waals surface area (Å²) in [4.78, 5) is 22.2. The van der Waals surface area contributed by atoms with E-state index in [0.717, 1.165) is 11.1 Å². The molecule has 0 bridgehead atoms. The van der Waals surface area contributed by atoms with Crippen molar-refractivity contribution in [3.63, 3.8) is 0 Å². The van der Waals surface area contributed by atoms with E-state index in [1.807, 2.05) is 0 Å². The highest BCUT2D eigenvalue weighted by atomic mass is 35.5. The largest absolute Gasteiger partial charge is 0.482 e. The van der Waals surface area contributed by atoms with Crippen LogP contribution >= 0.6 is 11.6 Å². The van der Waals surface area contributed by atoms with Gasteiger partial charge in [-0.1, -0.05) is 23.7 Å². The molecule has 2 rings (SSSR count). The van der Waals surface area contributed by atoms with Gasteiger partial charge in [0, 0.05) is 5.02 Å². The molecular formula is C17H15ClN2O4. The first-order valence-corrected chi connectivity index (χ1v) is 7.42. The van der Waals surface area contributed by atoms with Crippen LogP contribution in [-0.4, -0.2) is 29.8 Å². The fourth-order valence-corrected chi connectivity index (χ4v) is 1.93. The Hall–Kier alpha value is -2.86. The van der Waals surface area contributed by atoms with Crippen molar-refractivity contribution in [3.05, 3.63) is 64.7 Å². The second-order valence-corrected chi connectivity index (χ2v) is 5.28. The predicted molar refractivity (Wildman–Crippen MR) is 90.5 cm³/mol. The molecule has 0 radical (unpaired) electrons. The molecule has 0 aliphatic heterocycles. The fourth-order valence-electron chi connectivity index (χ4n) is 1.80. The lowest BCUT2D eigenvalue weighted by Crippen LogP contribution is -2.19. The molecule has 7 heteroatoms. The van der Waals surface area contributed by atoms with E-state index in [4.69, 9.17) is 21.4 Å². The molecule has 2 aromatic rings. The van der Waals surface area contributed by atoms with Crippen LogP contribution in [0.15, 0.2) is 53.6 Å². The number of carboxylic acids is 1. The first-order chi connectivity index (χ1) is 11.5. The van der Waals surface area contributed by atoms with Crippen LogP contribution in [0.2, 0.25) is 5.02 Å². The third-order valence-corrected chi connectivity index (χ3v) is 3.18. The van der Waals surface area contributed by atoms with Gasteiger partial charge in [0.25, 0.3) is 0 Å². The van der Waals surface area contributed by atoms with Gasteiger partial charge in [-0.2, -0.15) is 5.10 Å². The SMILES string of the molecule is O=C(O)COc1ccc(/C=N\NC(=O)Cc2ccc(Cl)cc2)cc1. The van der Waals surface area contributed by atoms with Crippen molar-refractivity contribution in [2.24, 2.45) is 5.10 Å². The fraction of sp³-hybridized carbons (Fsp3) is 0.118. The number of nitrogens with zero attached hydrogens (tertiary/aromatic N) is 1. The second-order valence-electron chi connectivity index (χ2n) is 4.85. The van der Waals surface area contributed by atoms with Crippen LogP contribution in [0.1, 0.15) is 11.1 Å². The maximum atomic E-state index is 11.8. The molecule has 0 aromatic heterocycles. The molecule has 2 N–H and O–H groups in total. The molecular weight excluding hydrogens is 332 g/mol. The topological polar surface area (TPSA) is 88.0 Å². The van der Waals surface area contributed by atoms with Gasteiger partial charge >= 0.3 is 5.97 Å². The number of rotatable bonds is 7. The lowest BCUT2D eigenvalue weighted by Gasteiger charge is -2.03. The van der Waals surface area contributed by atoms with Gasteiger partial charge in [-0.3, -0.25) is 4.79 Å². The minimum atomic E-state index is -1.04. The first-order valence-electron chi connectivity index (χ1n) is 7.04. The normalized spacial score (nSPS) is 10.5. The zero-order chi connectivity index (χ0) is 17.4. The monoisotopic (exact) mass is 346 g/mol. The van der Waals surface area contributed by atoms with E-state index in [1.165, 1.54) is 6.21 Å². The van der Waals surface area contributed by atoms with Gasteiger partial charge in [0.2, 0.25) is 5.91 Å². The molecule has 0 saturated heterocycles. The summed E-state index contributed by atoms with van der Waals surface area (Å²) in [7, 11) is 0. The van der Waals surface area contributed by atoms with E-state index in [1.54, 1.807) is 48.5 Å². The third kappa shape index (κ3) is 6.10.